The Labute approximate surface area is 169 Å². The molecule has 2 atom stereocenters. The van der Waals surface area contributed by atoms with E-state index in [0.29, 0.717) is 0 Å². The summed E-state index contributed by atoms with van der Waals surface area (Å²) in [5, 5.41) is 0. The summed E-state index contributed by atoms with van der Waals surface area (Å²) in [5.41, 5.74) is 2.28. The zero-order chi connectivity index (χ0) is 20.1. The molecule has 0 saturated carbocycles. The molecule has 3 rings (SSSR count). The number of carbonyl (C=O) groups excluding carboxylic acids is 1. The molecule has 1 aliphatic rings. The van der Waals surface area contributed by atoms with E-state index in [9.17, 15) is 4.79 Å². The third kappa shape index (κ3) is 4.04. The maximum Gasteiger partial charge on any atom is 0.187 e. The predicted molar refractivity (Wildman–Crippen MR) is 114 cm³/mol. The summed E-state index contributed by atoms with van der Waals surface area (Å²) in [6.07, 6.45) is 0. The van der Waals surface area contributed by atoms with Crippen molar-refractivity contribution in [3.63, 3.8) is 0 Å². The molecule has 0 amide bonds. The topological polar surface area (TPSA) is 32.8 Å². The summed E-state index contributed by atoms with van der Waals surface area (Å²) >= 11 is 0. The van der Waals surface area contributed by atoms with Crippen LogP contribution in [-0.2, 0) is 10.3 Å². The third-order valence-electron chi connectivity index (χ3n) is 5.93. The van der Waals surface area contributed by atoms with Crippen LogP contribution in [0.1, 0.15) is 28.4 Å². The van der Waals surface area contributed by atoms with Crippen LogP contribution >= 0.6 is 0 Å². The molecule has 1 heterocycles. The molecule has 0 N–H and O–H groups in total. The van der Waals surface area contributed by atoms with E-state index in [-0.39, 0.29) is 11.7 Å². The lowest BCUT2D eigenvalue weighted by Gasteiger charge is -2.45. The first-order chi connectivity index (χ1) is 13.5. The van der Waals surface area contributed by atoms with Gasteiger partial charge < -0.3 is 4.74 Å². The van der Waals surface area contributed by atoms with Gasteiger partial charge in [0.1, 0.15) is 5.54 Å². The first kappa shape index (κ1) is 20.7. The van der Waals surface area contributed by atoms with E-state index in [0.717, 1.165) is 44.0 Å². The van der Waals surface area contributed by atoms with Gasteiger partial charge in [-0.2, -0.15) is 0 Å². The fraction of sp³-hybridized carbons (Fsp3) is 0.458. The van der Waals surface area contributed by atoms with Crippen LogP contribution in [0.2, 0.25) is 0 Å². The second kappa shape index (κ2) is 8.99. The van der Waals surface area contributed by atoms with Gasteiger partial charge in [0.15, 0.2) is 5.78 Å². The van der Waals surface area contributed by atoms with Gasteiger partial charge in [-0.3, -0.25) is 14.6 Å². The lowest BCUT2D eigenvalue weighted by atomic mass is 9.72. The summed E-state index contributed by atoms with van der Waals surface area (Å²) in [5.74, 6) is 0.263. The Kier molecular flexibility index (Phi) is 6.65. The summed E-state index contributed by atoms with van der Waals surface area (Å²) < 4.78 is 5.51. The van der Waals surface area contributed by atoms with Gasteiger partial charge in [-0.05, 0) is 32.5 Å². The molecule has 1 fully saturated rings. The Morgan fingerprint density at radius 2 is 1.68 bits per heavy atom. The quantitative estimate of drug-likeness (QED) is 0.687. The van der Waals surface area contributed by atoms with Gasteiger partial charge in [-0.1, -0.05) is 67.1 Å². The number of nitrogens with zero attached hydrogens (tertiary/aromatic N) is 2. The molecule has 0 spiro atoms. The van der Waals surface area contributed by atoms with Gasteiger partial charge in [-0.25, -0.2) is 0 Å². The van der Waals surface area contributed by atoms with Gasteiger partial charge in [0.2, 0.25) is 0 Å². The number of hydrogen-bond acceptors (Lipinski definition) is 4. The number of likely N-dealkylation sites (N-methyl/N-ethyl adjacent to an activating group) is 1. The van der Waals surface area contributed by atoms with Crippen molar-refractivity contribution in [3.05, 3.63) is 71.3 Å². The molecule has 0 radical (unpaired) electrons. The average molecular weight is 381 g/mol. The number of benzene rings is 2. The van der Waals surface area contributed by atoms with Crippen LogP contribution in [0.4, 0.5) is 0 Å². The van der Waals surface area contributed by atoms with Gasteiger partial charge >= 0.3 is 0 Å². The molecule has 2 aromatic rings. The van der Waals surface area contributed by atoms with Crippen molar-refractivity contribution in [1.29, 1.82) is 0 Å². The monoisotopic (exact) mass is 380 g/mol. The summed E-state index contributed by atoms with van der Waals surface area (Å²) in [7, 11) is 4.05. The highest BCUT2D eigenvalue weighted by molar-refractivity contribution is 6.04. The van der Waals surface area contributed by atoms with Crippen molar-refractivity contribution < 1.29 is 9.53 Å². The molecule has 0 unspecified atom stereocenters. The third-order valence-corrected chi connectivity index (χ3v) is 5.93. The number of hydrogen-bond donors (Lipinski definition) is 0. The Morgan fingerprint density at radius 1 is 1.07 bits per heavy atom. The number of ether oxygens (including phenoxy) is 1. The molecule has 4 heteroatoms. The number of ketones is 1. The van der Waals surface area contributed by atoms with Crippen LogP contribution in [-0.4, -0.2) is 62.5 Å². The molecule has 1 aliphatic heterocycles. The fourth-order valence-electron chi connectivity index (χ4n) is 4.46. The van der Waals surface area contributed by atoms with Crippen LogP contribution in [0, 0.1) is 12.8 Å². The molecule has 1 saturated heterocycles. The van der Waals surface area contributed by atoms with Crippen molar-refractivity contribution in [2.75, 3.05) is 46.9 Å². The normalized spacial score (nSPS) is 18.6. The first-order valence-electron chi connectivity index (χ1n) is 10.1. The number of morpholine rings is 1. The Hall–Kier alpha value is -2.01. The fourth-order valence-corrected chi connectivity index (χ4v) is 4.46. The molecule has 0 bridgehead atoms. The van der Waals surface area contributed by atoms with Crippen LogP contribution in [0.3, 0.4) is 0 Å². The second-order valence-corrected chi connectivity index (χ2v) is 8.04. The zero-order valence-electron chi connectivity index (χ0n) is 17.5. The minimum Gasteiger partial charge on any atom is -0.379 e. The standard InChI is InChI=1S/C24H32N2O2/c1-19-10-12-22(13-11-19)24(25(3)4,23(27)21-8-6-5-7-9-21)20(2)18-26-14-16-28-17-15-26/h5-13,20H,14-18H2,1-4H3/t20-,24+/m1/s1. The van der Waals surface area contributed by atoms with Gasteiger partial charge in [0, 0.05) is 25.2 Å². The van der Waals surface area contributed by atoms with Gasteiger partial charge in [0.05, 0.1) is 13.2 Å². The maximum atomic E-state index is 14.0. The van der Waals surface area contributed by atoms with E-state index in [4.69, 9.17) is 4.74 Å². The zero-order valence-corrected chi connectivity index (χ0v) is 17.5. The molecule has 4 nitrogen and oxygen atoms in total. The molecule has 2 aromatic carbocycles. The largest absolute Gasteiger partial charge is 0.379 e. The van der Waals surface area contributed by atoms with E-state index in [1.54, 1.807) is 0 Å². The minimum atomic E-state index is -0.729. The van der Waals surface area contributed by atoms with Crippen LogP contribution in [0.25, 0.3) is 0 Å². The lowest BCUT2D eigenvalue weighted by Crippen LogP contribution is -2.56. The maximum absolute atomic E-state index is 14.0. The van der Waals surface area contributed by atoms with Crippen molar-refractivity contribution in [2.45, 2.75) is 19.4 Å². The SMILES string of the molecule is Cc1ccc([C@](C(=O)c2ccccc2)([C@H](C)CN2CCOCC2)N(C)C)cc1. The molecule has 150 valence electrons. The van der Waals surface area contributed by atoms with Gasteiger partial charge in [0.25, 0.3) is 0 Å². The van der Waals surface area contributed by atoms with E-state index in [2.05, 4.69) is 47.9 Å². The number of Topliss-reactive ketones (excluding diaryl/α,β-unsaturated/α-hetero) is 1. The Bertz CT molecular complexity index is 767. The van der Waals surface area contributed by atoms with Crippen LogP contribution < -0.4 is 0 Å². The number of aryl methyl sites for hydroxylation is 1. The summed E-state index contributed by atoms with van der Waals surface area (Å²) in [6, 6.07) is 18.1. The smallest absolute Gasteiger partial charge is 0.187 e. The van der Waals surface area contributed by atoms with Crippen LogP contribution in [0.15, 0.2) is 54.6 Å². The number of carbonyl (C=O) groups is 1. The van der Waals surface area contributed by atoms with E-state index in [1.165, 1.54) is 5.56 Å². The lowest BCUT2D eigenvalue weighted by molar-refractivity contribution is 0.00824. The van der Waals surface area contributed by atoms with Crippen molar-refractivity contribution in [3.8, 4) is 0 Å². The first-order valence-corrected chi connectivity index (χ1v) is 10.1. The highest BCUT2D eigenvalue weighted by Crippen LogP contribution is 2.39. The van der Waals surface area contributed by atoms with E-state index in [1.807, 2.05) is 44.4 Å². The molecule has 28 heavy (non-hydrogen) atoms. The molecule has 0 aromatic heterocycles. The Morgan fingerprint density at radius 3 is 2.25 bits per heavy atom. The molecule has 0 aliphatic carbocycles. The van der Waals surface area contributed by atoms with Crippen molar-refractivity contribution in [1.82, 2.24) is 9.80 Å². The van der Waals surface area contributed by atoms with E-state index >= 15 is 0 Å². The summed E-state index contributed by atoms with van der Waals surface area (Å²) in [6.45, 7) is 8.50. The van der Waals surface area contributed by atoms with Crippen molar-refractivity contribution in [2.24, 2.45) is 5.92 Å². The highest BCUT2D eigenvalue weighted by atomic mass is 16.5. The molecular weight excluding hydrogens is 348 g/mol. The average Bonchev–Trinajstić information content (AvgIpc) is 2.71. The number of rotatable bonds is 7. The second-order valence-electron chi connectivity index (χ2n) is 8.04. The van der Waals surface area contributed by atoms with Gasteiger partial charge in [-0.15, -0.1) is 0 Å². The molecular formula is C24H32N2O2. The predicted octanol–water partition coefficient (Wildman–Crippen LogP) is 3.60. The van der Waals surface area contributed by atoms with Crippen molar-refractivity contribution >= 4 is 5.78 Å². The Balaban J connectivity index is 2.07. The van der Waals surface area contributed by atoms with Crippen LogP contribution in [0.5, 0.6) is 0 Å². The minimum absolute atomic E-state index is 0.107. The highest BCUT2D eigenvalue weighted by Gasteiger charge is 2.47. The summed E-state index contributed by atoms with van der Waals surface area (Å²) in [4.78, 5) is 18.5. The van der Waals surface area contributed by atoms with E-state index < -0.39 is 5.54 Å².